The lowest BCUT2D eigenvalue weighted by atomic mass is 10.3. The lowest BCUT2D eigenvalue weighted by molar-refractivity contribution is 0.958. The van der Waals surface area contributed by atoms with Crippen molar-refractivity contribution in [1.82, 2.24) is 0 Å². The van der Waals surface area contributed by atoms with Gasteiger partial charge in [-0.3, -0.25) is 0 Å². The van der Waals surface area contributed by atoms with Gasteiger partial charge < -0.3 is 0 Å². The van der Waals surface area contributed by atoms with Gasteiger partial charge in [0.2, 0.25) is 0 Å². The van der Waals surface area contributed by atoms with E-state index in [1.165, 1.54) is 6.42 Å². The summed E-state index contributed by atoms with van der Waals surface area (Å²) < 4.78 is 0. The molecule has 0 amide bonds. The van der Waals surface area contributed by atoms with Crippen LogP contribution in [0.4, 0.5) is 0 Å². The van der Waals surface area contributed by atoms with Crippen LogP contribution in [0.15, 0.2) is 23.8 Å². The topological polar surface area (TPSA) is 0 Å². The summed E-state index contributed by atoms with van der Waals surface area (Å²) in [5.41, 5.74) is 0. The summed E-state index contributed by atoms with van der Waals surface area (Å²) in [6.07, 6.45) is 6.10. The van der Waals surface area contributed by atoms with E-state index in [0.717, 1.165) is 6.42 Å². The second kappa shape index (κ2) is 4.92. The Morgan fingerprint density at radius 3 is 2.75 bits per heavy atom. The van der Waals surface area contributed by atoms with Gasteiger partial charge in [-0.2, -0.15) is 0 Å². The molecular formula is C7H11Cl. The van der Waals surface area contributed by atoms with Gasteiger partial charge in [-0.1, -0.05) is 37.6 Å². The molecule has 0 N–H and O–H groups in total. The summed E-state index contributed by atoms with van der Waals surface area (Å²) in [7, 11) is 0. The molecule has 0 aromatic heterocycles. The normalized spacial score (nSPS) is 10.2. The Bertz CT molecular complexity index is 92.6. The van der Waals surface area contributed by atoms with Crippen molar-refractivity contribution in [3.63, 3.8) is 0 Å². The van der Waals surface area contributed by atoms with E-state index in [1.54, 1.807) is 0 Å². The summed E-state index contributed by atoms with van der Waals surface area (Å²) in [6, 6.07) is 0. The fourth-order valence-electron chi connectivity index (χ4n) is 0.378. The van der Waals surface area contributed by atoms with Crippen LogP contribution in [-0.4, -0.2) is 0 Å². The molecule has 1 heteroatoms. The Morgan fingerprint density at radius 1 is 1.75 bits per heavy atom. The van der Waals surface area contributed by atoms with Gasteiger partial charge in [0.1, 0.15) is 0 Å². The van der Waals surface area contributed by atoms with E-state index in [0.29, 0.717) is 5.03 Å². The van der Waals surface area contributed by atoms with Crippen LogP contribution in [0.5, 0.6) is 0 Å². The Hall–Kier alpha value is -0.230. The smallest absolute Gasteiger partial charge is 0.0331 e. The molecule has 0 unspecified atom stereocenters. The van der Waals surface area contributed by atoms with Crippen LogP contribution < -0.4 is 0 Å². The first-order valence-corrected chi connectivity index (χ1v) is 3.16. The van der Waals surface area contributed by atoms with Crippen molar-refractivity contribution in [2.75, 3.05) is 0 Å². The SMILES string of the molecule is C=C(Cl)/C=C\CCC. The van der Waals surface area contributed by atoms with E-state index in [4.69, 9.17) is 11.6 Å². The largest absolute Gasteiger partial charge is 0.0850 e. The molecule has 0 radical (unpaired) electrons. The predicted octanol–water partition coefficient (Wildman–Crippen LogP) is 3.10. The maximum absolute atomic E-state index is 5.43. The average Bonchev–Trinajstić information content (AvgIpc) is 1.66. The highest BCUT2D eigenvalue weighted by Crippen LogP contribution is 1.99. The van der Waals surface area contributed by atoms with Crippen LogP contribution in [0, 0.1) is 0 Å². The zero-order chi connectivity index (χ0) is 6.41. The minimum Gasteiger partial charge on any atom is -0.0850 e. The maximum Gasteiger partial charge on any atom is 0.0331 e. The molecule has 0 bridgehead atoms. The molecule has 0 nitrogen and oxygen atoms in total. The molecule has 0 heterocycles. The number of hydrogen-bond acceptors (Lipinski definition) is 0. The molecular weight excluding hydrogens is 120 g/mol. The van der Waals surface area contributed by atoms with Crippen molar-refractivity contribution in [2.45, 2.75) is 19.8 Å². The summed E-state index contributed by atoms with van der Waals surface area (Å²) in [6.45, 7) is 5.63. The van der Waals surface area contributed by atoms with Crippen LogP contribution in [0.1, 0.15) is 19.8 Å². The Labute approximate surface area is 55.9 Å². The van der Waals surface area contributed by atoms with Crippen LogP contribution in [0.3, 0.4) is 0 Å². The van der Waals surface area contributed by atoms with E-state index in [-0.39, 0.29) is 0 Å². The fourth-order valence-corrected chi connectivity index (χ4v) is 0.467. The lowest BCUT2D eigenvalue weighted by Gasteiger charge is -1.81. The summed E-state index contributed by atoms with van der Waals surface area (Å²) in [5, 5.41) is 0.610. The first kappa shape index (κ1) is 7.77. The van der Waals surface area contributed by atoms with Gasteiger partial charge in [-0.05, 0) is 12.5 Å². The van der Waals surface area contributed by atoms with Gasteiger partial charge in [0.15, 0.2) is 0 Å². The van der Waals surface area contributed by atoms with E-state index < -0.39 is 0 Å². The second-order valence-electron chi connectivity index (χ2n) is 1.64. The molecule has 46 valence electrons. The zero-order valence-corrected chi connectivity index (χ0v) is 5.91. The number of allylic oxidation sites excluding steroid dienone is 3. The zero-order valence-electron chi connectivity index (χ0n) is 5.15. The number of hydrogen-bond donors (Lipinski definition) is 0. The maximum atomic E-state index is 5.43. The van der Waals surface area contributed by atoms with Crippen molar-refractivity contribution >= 4 is 11.6 Å². The lowest BCUT2D eigenvalue weighted by Crippen LogP contribution is -1.60. The van der Waals surface area contributed by atoms with Crippen molar-refractivity contribution in [3.05, 3.63) is 23.8 Å². The van der Waals surface area contributed by atoms with E-state index in [2.05, 4.69) is 13.5 Å². The van der Waals surface area contributed by atoms with Gasteiger partial charge >= 0.3 is 0 Å². The molecule has 0 saturated heterocycles. The molecule has 0 atom stereocenters. The average molecular weight is 131 g/mol. The third-order valence-corrected chi connectivity index (χ3v) is 0.880. The van der Waals surface area contributed by atoms with Crippen LogP contribution in [-0.2, 0) is 0 Å². The standard InChI is InChI=1S/C7H11Cl/c1-3-4-5-6-7(2)8/h5-6H,2-4H2,1H3/b6-5-. The molecule has 0 aliphatic carbocycles. The highest BCUT2D eigenvalue weighted by molar-refractivity contribution is 6.30. The molecule has 8 heavy (non-hydrogen) atoms. The summed E-state index contributed by atoms with van der Waals surface area (Å²) in [4.78, 5) is 0. The molecule has 0 saturated carbocycles. The highest BCUT2D eigenvalue weighted by Gasteiger charge is 1.74. The van der Waals surface area contributed by atoms with Crippen LogP contribution >= 0.6 is 11.6 Å². The van der Waals surface area contributed by atoms with Crippen LogP contribution in [0.2, 0.25) is 0 Å². The van der Waals surface area contributed by atoms with Crippen molar-refractivity contribution < 1.29 is 0 Å². The molecule has 0 fully saturated rings. The third kappa shape index (κ3) is 5.77. The van der Waals surface area contributed by atoms with E-state index in [9.17, 15) is 0 Å². The Kier molecular flexibility index (Phi) is 4.78. The molecule has 0 aromatic rings. The Balaban J connectivity index is 3.20. The van der Waals surface area contributed by atoms with Crippen molar-refractivity contribution in [1.29, 1.82) is 0 Å². The molecule has 0 rings (SSSR count). The summed E-state index contributed by atoms with van der Waals surface area (Å²) >= 11 is 5.43. The number of rotatable bonds is 3. The number of unbranched alkanes of at least 4 members (excludes halogenated alkanes) is 1. The van der Waals surface area contributed by atoms with Gasteiger partial charge in [-0.15, -0.1) is 0 Å². The molecule has 0 aliphatic heterocycles. The molecule has 0 aliphatic rings. The van der Waals surface area contributed by atoms with E-state index in [1.807, 2.05) is 12.2 Å². The van der Waals surface area contributed by atoms with Crippen LogP contribution in [0.25, 0.3) is 0 Å². The minimum absolute atomic E-state index is 0.610. The predicted molar refractivity (Wildman–Crippen MR) is 39.0 cm³/mol. The molecule has 0 aromatic carbocycles. The quantitative estimate of drug-likeness (QED) is 0.515. The fraction of sp³-hybridized carbons (Fsp3) is 0.429. The van der Waals surface area contributed by atoms with Gasteiger partial charge in [0, 0.05) is 5.03 Å². The van der Waals surface area contributed by atoms with E-state index >= 15 is 0 Å². The number of halogens is 1. The van der Waals surface area contributed by atoms with Crippen molar-refractivity contribution in [3.8, 4) is 0 Å². The van der Waals surface area contributed by atoms with Gasteiger partial charge in [0.25, 0.3) is 0 Å². The van der Waals surface area contributed by atoms with Gasteiger partial charge in [-0.25, -0.2) is 0 Å². The first-order valence-electron chi connectivity index (χ1n) is 2.78. The third-order valence-electron chi connectivity index (χ3n) is 0.754. The highest BCUT2D eigenvalue weighted by atomic mass is 35.5. The summed E-state index contributed by atoms with van der Waals surface area (Å²) in [5.74, 6) is 0. The van der Waals surface area contributed by atoms with Crippen molar-refractivity contribution in [2.24, 2.45) is 0 Å². The second-order valence-corrected chi connectivity index (χ2v) is 2.12. The molecule has 0 spiro atoms. The minimum atomic E-state index is 0.610. The van der Waals surface area contributed by atoms with Gasteiger partial charge in [0.05, 0.1) is 0 Å². The first-order chi connectivity index (χ1) is 3.77. The Morgan fingerprint density at radius 2 is 2.38 bits per heavy atom. The monoisotopic (exact) mass is 130 g/mol.